The van der Waals surface area contributed by atoms with Crippen molar-refractivity contribution in [3.05, 3.63) is 53.9 Å². The van der Waals surface area contributed by atoms with E-state index in [1.807, 2.05) is 23.1 Å². The van der Waals surface area contributed by atoms with Crippen LogP contribution in [0.4, 0.5) is 5.69 Å². The zero-order valence-electron chi connectivity index (χ0n) is 12.2. The first kappa shape index (κ1) is 13.6. The van der Waals surface area contributed by atoms with Crippen molar-refractivity contribution in [2.24, 2.45) is 5.92 Å². The molecule has 3 rings (SSSR count). The van der Waals surface area contributed by atoms with E-state index in [1.165, 1.54) is 0 Å². The molecule has 0 saturated heterocycles. The third-order valence-electron chi connectivity index (χ3n) is 3.79. The summed E-state index contributed by atoms with van der Waals surface area (Å²) in [6, 6.07) is 9.48. The number of benzene rings is 1. The molecule has 0 aliphatic carbocycles. The van der Waals surface area contributed by atoms with Crippen LogP contribution in [0.3, 0.4) is 0 Å². The fraction of sp³-hybridized carbons (Fsp3) is 0.294. The number of methoxy groups -OCH3 is 1. The van der Waals surface area contributed by atoms with Crippen molar-refractivity contribution in [2.45, 2.75) is 13.3 Å². The Morgan fingerprint density at radius 3 is 2.95 bits per heavy atom. The highest BCUT2D eigenvalue weighted by atomic mass is 16.5. The van der Waals surface area contributed by atoms with Gasteiger partial charge in [0.15, 0.2) is 0 Å². The summed E-state index contributed by atoms with van der Waals surface area (Å²) in [4.78, 5) is 18.6. The Morgan fingerprint density at radius 1 is 1.38 bits per heavy atom. The lowest BCUT2D eigenvalue weighted by atomic mass is 9.93. The van der Waals surface area contributed by atoms with Gasteiger partial charge in [0.2, 0.25) is 0 Å². The Bertz CT molecular complexity index is 655. The predicted molar refractivity (Wildman–Crippen MR) is 81.8 cm³/mol. The lowest BCUT2D eigenvalue weighted by Gasteiger charge is -2.33. The van der Waals surface area contributed by atoms with Gasteiger partial charge in [-0.3, -0.25) is 9.78 Å². The summed E-state index contributed by atoms with van der Waals surface area (Å²) in [6.07, 6.45) is 4.25. The molecule has 21 heavy (non-hydrogen) atoms. The molecule has 1 aliphatic rings. The average molecular weight is 282 g/mol. The lowest BCUT2D eigenvalue weighted by molar-refractivity contribution is 0.0980. The Labute approximate surface area is 124 Å². The van der Waals surface area contributed by atoms with Gasteiger partial charge in [-0.15, -0.1) is 0 Å². The summed E-state index contributed by atoms with van der Waals surface area (Å²) >= 11 is 0. The first-order valence-corrected chi connectivity index (χ1v) is 7.08. The number of nitrogens with zero attached hydrogens (tertiary/aromatic N) is 2. The van der Waals surface area contributed by atoms with Gasteiger partial charge < -0.3 is 9.64 Å². The lowest BCUT2D eigenvalue weighted by Crippen LogP contribution is -2.39. The second kappa shape index (κ2) is 5.56. The smallest absolute Gasteiger partial charge is 0.259 e. The molecule has 2 aromatic rings. The fourth-order valence-corrected chi connectivity index (χ4v) is 2.80. The highest BCUT2D eigenvalue weighted by Crippen LogP contribution is 2.33. The standard InChI is InChI=1S/C17H18N2O2/c1-12-8-14-9-15(21-2)5-6-16(14)19(11-12)17(20)13-4-3-7-18-10-13/h3-7,9-10,12H,8,11H2,1-2H3. The van der Waals surface area contributed by atoms with Crippen molar-refractivity contribution >= 4 is 11.6 Å². The molecular formula is C17H18N2O2. The maximum absolute atomic E-state index is 12.7. The van der Waals surface area contributed by atoms with Crippen molar-refractivity contribution in [1.82, 2.24) is 4.98 Å². The first-order valence-electron chi connectivity index (χ1n) is 7.08. The Balaban J connectivity index is 1.99. The van der Waals surface area contributed by atoms with Crippen molar-refractivity contribution < 1.29 is 9.53 Å². The van der Waals surface area contributed by atoms with Gasteiger partial charge in [0.25, 0.3) is 5.91 Å². The minimum atomic E-state index is 0.000988. The van der Waals surface area contributed by atoms with E-state index in [2.05, 4.69) is 11.9 Å². The zero-order valence-corrected chi connectivity index (χ0v) is 12.2. The van der Waals surface area contributed by atoms with Gasteiger partial charge in [-0.2, -0.15) is 0 Å². The third kappa shape index (κ3) is 2.61. The number of carbonyl (C=O) groups excluding carboxylic acids is 1. The first-order chi connectivity index (χ1) is 10.2. The van der Waals surface area contributed by atoms with Crippen LogP contribution in [-0.2, 0) is 6.42 Å². The minimum Gasteiger partial charge on any atom is -0.497 e. The van der Waals surface area contributed by atoms with Crippen molar-refractivity contribution in [2.75, 3.05) is 18.6 Å². The summed E-state index contributed by atoms with van der Waals surface area (Å²) in [5.41, 5.74) is 2.75. The molecule has 4 heteroatoms. The van der Waals surface area contributed by atoms with Crippen LogP contribution < -0.4 is 9.64 Å². The van der Waals surface area contributed by atoms with Crippen LogP contribution in [0.1, 0.15) is 22.8 Å². The predicted octanol–water partition coefficient (Wildman–Crippen LogP) is 2.93. The van der Waals surface area contributed by atoms with Crippen molar-refractivity contribution in [3.8, 4) is 5.75 Å². The third-order valence-corrected chi connectivity index (χ3v) is 3.79. The molecule has 1 aromatic heterocycles. The summed E-state index contributed by atoms with van der Waals surface area (Å²) in [7, 11) is 1.66. The van der Waals surface area contributed by atoms with Gasteiger partial charge in [-0.25, -0.2) is 0 Å². The minimum absolute atomic E-state index is 0.000988. The molecule has 1 amide bonds. The van der Waals surface area contributed by atoms with E-state index in [0.29, 0.717) is 11.5 Å². The molecule has 0 fully saturated rings. The van der Waals surface area contributed by atoms with E-state index in [9.17, 15) is 4.79 Å². The Kier molecular flexibility index (Phi) is 3.60. The number of pyridine rings is 1. The molecule has 4 nitrogen and oxygen atoms in total. The van der Waals surface area contributed by atoms with E-state index in [4.69, 9.17) is 4.74 Å². The number of aromatic nitrogens is 1. The van der Waals surface area contributed by atoms with Crippen LogP contribution in [0.15, 0.2) is 42.7 Å². The van der Waals surface area contributed by atoms with Crippen molar-refractivity contribution in [3.63, 3.8) is 0 Å². The van der Waals surface area contributed by atoms with Crippen LogP contribution in [0.2, 0.25) is 0 Å². The van der Waals surface area contributed by atoms with Crippen LogP contribution in [0.5, 0.6) is 5.75 Å². The van der Waals surface area contributed by atoms with Gasteiger partial charge in [0.05, 0.1) is 12.7 Å². The maximum atomic E-state index is 12.7. The topological polar surface area (TPSA) is 42.4 Å². The van der Waals surface area contributed by atoms with Crippen LogP contribution in [-0.4, -0.2) is 24.5 Å². The Hall–Kier alpha value is -2.36. The van der Waals surface area contributed by atoms with Gasteiger partial charge >= 0.3 is 0 Å². The number of amides is 1. The van der Waals surface area contributed by atoms with Crippen LogP contribution >= 0.6 is 0 Å². The molecule has 108 valence electrons. The summed E-state index contributed by atoms with van der Waals surface area (Å²) < 4.78 is 5.28. The van der Waals surface area contributed by atoms with Crippen molar-refractivity contribution in [1.29, 1.82) is 0 Å². The highest BCUT2D eigenvalue weighted by Gasteiger charge is 2.27. The van der Waals surface area contributed by atoms with Gasteiger partial charge in [-0.05, 0) is 48.2 Å². The number of hydrogen-bond acceptors (Lipinski definition) is 3. The number of ether oxygens (including phenoxy) is 1. The SMILES string of the molecule is COc1ccc2c(c1)CC(C)CN2C(=O)c1cccnc1. The van der Waals surface area contributed by atoms with E-state index < -0.39 is 0 Å². The molecule has 1 aliphatic heterocycles. The summed E-state index contributed by atoms with van der Waals surface area (Å²) in [5.74, 6) is 1.25. The monoisotopic (exact) mass is 282 g/mol. The number of hydrogen-bond donors (Lipinski definition) is 0. The molecule has 2 heterocycles. The quantitative estimate of drug-likeness (QED) is 0.850. The number of rotatable bonds is 2. The van der Waals surface area contributed by atoms with Gasteiger partial charge in [0.1, 0.15) is 5.75 Å². The number of carbonyl (C=O) groups is 1. The molecule has 0 spiro atoms. The molecular weight excluding hydrogens is 264 g/mol. The maximum Gasteiger partial charge on any atom is 0.259 e. The Morgan fingerprint density at radius 2 is 2.24 bits per heavy atom. The number of fused-ring (bicyclic) bond motifs is 1. The largest absolute Gasteiger partial charge is 0.497 e. The van der Waals surface area contributed by atoms with Gasteiger partial charge in [-0.1, -0.05) is 6.92 Å². The molecule has 0 bridgehead atoms. The molecule has 1 atom stereocenters. The summed E-state index contributed by atoms with van der Waals surface area (Å²) in [5, 5.41) is 0. The van der Waals surface area contributed by atoms with E-state index in [-0.39, 0.29) is 5.91 Å². The fourth-order valence-electron chi connectivity index (χ4n) is 2.80. The second-order valence-electron chi connectivity index (χ2n) is 5.46. The van der Waals surface area contributed by atoms with E-state index >= 15 is 0 Å². The number of anilines is 1. The normalized spacial score (nSPS) is 17.2. The van der Waals surface area contributed by atoms with Crippen LogP contribution in [0.25, 0.3) is 0 Å². The molecule has 1 aromatic carbocycles. The zero-order chi connectivity index (χ0) is 14.8. The molecule has 0 N–H and O–H groups in total. The van der Waals surface area contributed by atoms with E-state index in [1.54, 1.807) is 31.6 Å². The highest BCUT2D eigenvalue weighted by molar-refractivity contribution is 6.06. The summed E-state index contributed by atoms with van der Waals surface area (Å²) in [6.45, 7) is 2.89. The molecule has 1 unspecified atom stereocenters. The molecule has 0 saturated carbocycles. The molecule has 0 radical (unpaired) electrons. The van der Waals surface area contributed by atoms with E-state index in [0.717, 1.165) is 30.0 Å². The average Bonchev–Trinajstić information content (AvgIpc) is 2.53. The van der Waals surface area contributed by atoms with Gasteiger partial charge in [0, 0.05) is 24.6 Å². The van der Waals surface area contributed by atoms with Crippen LogP contribution in [0, 0.1) is 5.92 Å². The second-order valence-corrected chi connectivity index (χ2v) is 5.46.